The zero-order valence-electron chi connectivity index (χ0n) is 15.4. The van der Waals surface area contributed by atoms with E-state index in [1.54, 1.807) is 6.92 Å². The van der Waals surface area contributed by atoms with Gasteiger partial charge in [0, 0.05) is 67.4 Å². The Labute approximate surface area is 188 Å². The number of aryl methyl sites for hydroxylation is 2. The van der Waals surface area contributed by atoms with E-state index in [0.29, 0.717) is 23.9 Å². The van der Waals surface area contributed by atoms with Gasteiger partial charge < -0.3 is 19.2 Å². The van der Waals surface area contributed by atoms with Gasteiger partial charge in [0.25, 0.3) is 0 Å². The molecule has 0 saturated heterocycles. The molecule has 0 amide bonds. The Kier molecular flexibility index (Phi) is 6.69. The number of carbonyl (C=O) groups is 2. The summed E-state index contributed by atoms with van der Waals surface area (Å²) in [6.45, 7) is 3.88. The molecule has 0 saturated carbocycles. The Morgan fingerprint density at radius 1 is 1.00 bits per heavy atom. The molecule has 0 aliphatic carbocycles. The van der Waals surface area contributed by atoms with Crippen LogP contribution in [-0.2, 0) is 13.0 Å². The molecule has 2 aromatic heterocycles. The molecule has 0 aliphatic rings. The molecule has 3 aromatic rings. The quantitative estimate of drug-likeness (QED) is 0.486. The van der Waals surface area contributed by atoms with Crippen LogP contribution in [0, 0.1) is 0 Å². The van der Waals surface area contributed by atoms with Gasteiger partial charge in [-0.2, -0.15) is 0 Å². The van der Waals surface area contributed by atoms with Gasteiger partial charge in [0.2, 0.25) is 5.76 Å². The zero-order valence-corrected chi connectivity index (χ0v) is 17.7. The first-order valence-electron chi connectivity index (χ1n) is 8.44. The predicted octanol–water partition coefficient (Wildman–Crippen LogP) is 2.10. The molecule has 142 valence electrons. The van der Waals surface area contributed by atoms with E-state index in [1.165, 1.54) is 10.6 Å². The summed E-state index contributed by atoms with van der Waals surface area (Å²) in [6.07, 6.45) is 0.993. The Hall–Kier alpha value is -2.16. The maximum Gasteiger partial charge on any atom is 0.371 e. The van der Waals surface area contributed by atoms with E-state index in [-0.39, 0.29) is 66.3 Å². The van der Waals surface area contributed by atoms with Gasteiger partial charge in [-0.15, -0.1) is 0 Å². The minimum atomic E-state index is -1.39. The number of nitrogens with zero attached hydrogens (tertiary/aromatic N) is 1. The molecule has 0 aliphatic heterocycles. The van der Waals surface area contributed by atoms with Crippen LogP contribution in [0.1, 0.15) is 46.9 Å². The second-order valence-corrected chi connectivity index (χ2v) is 6.10. The number of aromatic carboxylic acids is 2. The maximum absolute atomic E-state index is 12.6. The van der Waals surface area contributed by atoms with Crippen molar-refractivity contribution in [3.8, 4) is 0 Å². The standard InChI is InChI=1S/C19H17NO7.Ca/c1-3-5-9-16-10(13(21)7-12(18(23)24)20(16)4-2)6-11-14(22)8-15(19(25)26)27-17(9)11;/h6-8H,3-5H2,1-2H3,(H,23,24)(H,25,26);. The molecule has 2 radical (unpaired) electrons. The number of hydrogen-bond acceptors (Lipinski definition) is 5. The first-order valence-corrected chi connectivity index (χ1v) is 8.44. The molecule has 0 fully saturated rings. The normalized spacial score (nSPS) is 10.8. The summed E-state index contributed by atoms with van der Waals surface area (Å²) in [5.41, 5.74) is -0.401. The van der Waals surface area contributed by atoms with Crippen molar-refractivity contribution >= 4 is 71.5 Å². The van der Waals surface area contributed by atoms with E-state index in [0.717, 1.165) is 12.1 Å². The molecular formula is C19H17CaNO7. The SMILES string of the molecule is CCCc1c2oc(C(=O)O)cc(=O)c2cc2c(=O)cc(C(=O)O)n(CC)c12.[Ca]. The molecule has 9 heteroatoms. The van der Waals surface area contributed by atoms with Crippen LogP contribution in [0.5, 0.6) is 0 Å². The van der Waals surface area contributed by atoms with Gasteiger partial charge in [-0.25, -0.2) is 9.59 Å². The summed E-state index contributed by atoms with van der Waals surface area (Å²) in [5.74, 6) is -3.15. The number of fused-ring (bicyclic) bond motifs is 2. The summed E-state index contributed by atoms with van der Waals surface area (Å²) in [7, 11) is 0. The molecule has 3 rings (SSSR count). The van der Waals surface area contributed by atoms with Gasteiger partial charge in [0.15, 0.2) is 10.9 Å². The second-order valence-electron chi connectivity index (χ2n) is 6.10. The maximum atomic E-state index is 12.6. The van der Waals surface area contributed by atoms with Crippen molar-refractivity contribution in [2.24, 2.45) is 0 Å². The summed E-state index contributed by atoms with van der Waals surface area (Å²) < 4.78 is 6.94. The van der Waals surface area contributed by atoms with Crippen molar-refractivity contribution in [1.82, 2.24) is 4.57 Å². The Balaban J connectivity index is 0.00000280. The molecule has 1 aromatic carbocycles. The number of pyridine rings is 1. The summed E-state index contributed by atoms with van der Waals surface area (Å²) in [6, 6.07) is 3.25. The minimum absolute atomic E-state index is 0. The smallest absolute Gasteiger partial charge is 0.371 e. The van der Waals surface area contributed by atoms with Gasteiger partial charge in [-0.1, -0.05) is 13.3 Å². The van der Waals surface area contributed by atoms with Crippen LogP contribution in [0.4, 0.5) is 0 Å². The van der Waals surface area contributed by atoms with Crippen molar-refractivity contribution in [1.29, 1.82) is 0 Å². The van der Waals surface area contributed by atoms with E-state index in [1.807, 2.05) is 6.92 Å². The predicted molar refractivity (Wildman–Crippen MR) is 104 cm³/mol. The van der Waals surface area contributed by atoms with Crippen LogP contribution in [0.15, 0.2) is 32.2 Å². The molecule has 2 heterocycles. The molecule has 28 heavy (non-hydrogen) atoms. The fourth-order valence-corrected chi connectivity index (χ4v) is 3.34. The van der Waals surface area contributed by atoms with Crippen LogP contribution >= 0.6 is 0 Å². The average molecular weight is 411 g/mol. The van der Waals surface area contributed by atoms with Gasteiger partial charge >= 0.3 is 11.9 Å². The van der Waals surface area contributed by atoms with Gasteiger partial charge in [-0.3, -0.25) is 9.59 Å². The number of carboxylic acids is 2. The zero-order chi connectivity index (χ0) is 19.9. The fraction of sp³-hybridized carbons (Fsp3) is 0.263. The van der Waals surface area contributed by atoms with Crippen molar-refractivity contribution in [3.63, 3.8) is 0 Å². The van der Waals surface area contributed by atoms with Gasteiger partial charge in [0.1, 0.15) is 11.3 Å². The monoisotopic (exact) mass is 411 g/mol. The van der Waals surface area contributed by atoms with Crippen molar-refractivity contribution in [2.45, 2.75) is 33.2 Å². The number of hydrogen-bond donors (Lipinski definition) is 2. The summed E-state index contributed by atoms with van der Waals surface area (Å²) in [5, 5.41) is 19.0. The number of benzene rings is 1. The van der Waals surface area contributed by atoms with E-state index in [9.17, 15) is 29.4 Å². The van der Waals surface area contributed by atoms with E-state index < -0.39 is 28.6 Å². The molecule has 0 bridgehead atoms. The summed E-state index contributed by atoms with van der Waals surface area (Å²) >= 11 is 0. The Bertz CT molecular complexity index is 1220. The number of rotatable bonds is 5. The van der Waals surface area contributed by atoms with Gasteiger partial charge in [0.05, 0.1) is 10.9 Å². The van der Waals surface area contributed by atoms with E-state index in [2.05, 4.69) is 0 Å². The second kappa shape index (κ2) is 8.46. The third kappa shape index (κ3) is 3.59. The van der Waals surface area contributed by atoms with Gasteiger partial charge in [-0.05, 0) is 19.4 Å². The minimum Gasteiger partial charge on any atom is -0.477 e. The number of carboxylic acid groups (broad SMARTS) is 2. The van der Waals surface area contributed by atoms with Crippen LogP contribution in [0.3, 0.4) is 0 Å². The van der Waals surface area contributed by atoms with Crippen LogP contribution in [-0.4, -0.2) is 64.5 Å². The molecular weight excluding hydrogens is 394 g/mol. The Morgan fingerprint density at radius 3 is 2.18 bits per heavy atom. The van der Waals surface area contributed by atoms with Crippen molar-refractivity contribution in [2.75, 3.05) is 0 Å². The molecule has 0 atom stereocenters. The largest absolute Gasteiger partial charge is 0.477 e. The third-order valence-corrected chi connectivity index (χ3v) is 4.43. The molecule has 2 N–H and O–H groups in total. The van der Waals surface area contributed by atoms with Crippen LogP contribution in [0.25, 0.3) is 21.9 Å². The summed E-state index contributed by atoms with van der Waals surface area (Å²) in [4.78, 5) is 47.9. The third-order valence-electron chi connectivity index (χ3n) is 4.43. The first kappa shape index (κ1) is 22.1. The van der Waals surface area contributed by atoms with E-state index in [4.69, 9.17) is 4.42 Å². The molecule has 8 nitrogen and oxygen atoms in total. The Morgan fingerprint density at radius 2 is 1.64 bits per heavy atom. The molecule has 0 unspecified atom stereocenters. The topological polar surface area (TPSA) is 127 Å². The van der Waals surface area contributed by atoms with E-state index >= 15 is 0 Å². The van der Waals surface area contributed by atoms with Crippen LogP contribution < -0.4 is 10.9 Å². The molecule has 0 spiro atoms. The van der Waals surface area contributed by atoms with Crippen LogP contribution in [0.2, 0.25) is 0 Å². The number of aromatic nitrogens is 1. The van der Waals surface area contributed by atoms with Crippen molar-refractivity contribution < 1.29 is 24.2 Å². The van der Waals surface area contributed by atoms with Crippen molar-refractivity contribution in [3.05, 3.63) is 55.7 Å². The first-order chi connectivity index (χ1) is 12.8. The fourth-order valence-electron chi connectivity index (χ4n) is 3.34. The average Bonchev–Trinajstić information content (AvgIpc) is 2.62.